The molecule has 0 bridgehead atoms. The Morgan fingerprint density at radius 1 is 0.697 bits per heavy atom. The number of aliphatic hydroxyl groups excluding tert-OH is 2. The van der Waals surface area contributed by atoms with E-state index in [0.29, 0.717) is 19.3 Å². The molecule has 66 heavy (non-hydrogen) atoms. The summed E-state index contributed by atoms with van der Waals surface area (Å²) in [5.74, 6) is -5.92. The van der Waals surface area contributed by atoms with Gasteiger partial charge in [0.15, 0.2) is 0 Å². The SMILES string of the molecule is CSCCC(N)C(=O)O.C[C@@H](O)[C@H](N)C(=O)O.NC(CS)C(=O)O.N[C@@H](CO)C(=O)O.N[C@@H](Cc1c[nH]c2ccccc12)C(=O)O.N[C@@H](Cc1ccccc1)C(=O)O.O=C(O)C1CCCN1. The number of aromatic amines is 1. The monoisotopic (exact) mass is 978 g/mol. The van der Waals surface area contributed by atoms with Gasteiger partial charge in [-0.3, -0.25) is 33.6 Å². The van der Waals surface area contributed by atoms with Gasteiger partial charge in [-0.25, -0.2) is 0 Å². The standard InChI is InChI=1S/C11H12N2O2.C9H11NO2.C5H11NO2S.C5H9NO2.C4H9NO3.C3H7NO3.C3H7NO2S/c12-9(11(14)15)5-7-6-13-10-4-2-1-3-8(7)10;10-8(9(11)12)6-7-4-2-1-3-5-7;1-9-3-2-4(6)5(7)8;7-5(8)4-2-1-3-6-4;1-2(6)3(5)4(7)8;4-2(1-5)3(6)7;4-2(1-7)3(5)6/h1-4,6,9,13H,5,12H2,(H,14,15);1-5,8H,6,10H2,(H,11,12);4H,2-3,6H2,1H3,(H,7,8);4,6H,1-3H2,(H,7,8);2-3,6H,5H2,1H3,(H,7,8);2,5H,1,4H2,(H,6,7);2,7H,1,4H2,(H,5,6)/t9-;8-;;;2-,3+;2-;/m00..10./s1. The van der Waals surface area contributed by atoms with Crippen LogP contribution in [-0.2, 0) is 46.4 Å². The largest absolute Gasteiger partial charge is 0.480 e. The first-order valence-electron chi connectivity index (χ1n) is 19.6. The van der Waals surface area contributed by atoms with Gasteiger partial charge < -0.3 is 90.7 Å². The molecule has 1 aromatic heterocycles. The Morgan fingerprint density at radius 3 is 1.52 bits per heavy atom. The summed E-state index contributed by atoms with van der Waals surface area (Å²) in [4.78, 5) is 73.6. The second-order valence-corrected chi connectivity index (χ2v) is 15.1. The Labute approximate surface area is 390 Å². The molecular formula is C40H66N8O16S2. The lowest BCUT2D eigenvalue weighted by molar-refractivity contribution is -0.141. The molecule has 8 atom stereocenters. The molecule has 0 spiro atoms. The zero-order chi connectivity index (χ0) is 51.5. The van der Waals surface area contributed by atoms with E-state index in [1.165, 1.54) is 6.92 Å². The Balaban J connectivity index is -0.000000717. The molecule has 2 aromatic carbocycles. The highest BCUT2D eigenvalue weighted by Gasteiger charge is 2.20. The molecule has 1 aliphatic rings. The number of aliphatic carboxylic acids is 7. The highest BCUT2D eigenvalue weighted by Crippen LogP contribution is 2.18. The van der Waals surface area contributed by atoms with Crippen LogP contribution in [-0.4, -0.2) is 172 Å². The lowest BCUT2D eigenvalue weighted by atomic mass is 10.1. The summed E-state index contributed by atoms with van der Waals surface area (Å²) in [6, 6.07) is 11.4. The van der Waals surface area contributed by atoms with E-state index >= 15 is 0 Å². The minimum atomic E-state index is -1.18. The lowest BCUT2D eigenvalue weighted by Gasteiger charge is -2.06. The molecule has 3 unspecified atom stereocenters. The van der Waals surface area contributed by atoms with Gasteiger partial charge in [0.1, 0.15) is 42.3 Å². The first-order valence-corrected chi connectivity index (χ1v) is 21.7. The van der Waals surface area contributed by atoms with Crippen LogP contribution in [0.4, 0.5) is 0 Å². The molecule has 1 aliphatic heterocycles. The van der Waals surface area contributed by atoms with Crippen LogP contribution in [0.1, 0.15) is 37.3 Å². The van der Waals surface area contributed by atoms with E-state index in [0.717, 1.165) is 47.2 Å². The van der Waals surface area contributed by atoms with Crippen LogP contribution < -0.4 is 39.7 Å². The topological polar surface area (TPSA) is 486 Å². The maximum atomic E-state index is 10.6. The second kappa shape index (κ2) is 37.8. The van der Waals surface area contributed by atoms with E-state index in [4.69, 9.17) is 80.4 Å². The minimum absolute atomic E-state index is 0.190. The molecule has 0 radical (unpaired) electrons. The molecule has 24 nitrogen and oxygen atoms in total. The molecule has 1 saturated heterocycles. The summed E-state index contributed by atoms with van der Waals surface area (Å²) in [6.45, 7) is 1.69. The minimum Gasteiger partial charge on any atom is -0.480 e. The van der Waals surface area contributed by atoms with Gasteiger partial charge in [0.2, 0.25) is 0 Å². The molecule has 4 rings (SSSR count). The number of aliphatic hydroxyl groups is 2. The van der Waals surface area contributed by atoms with Gasteiger partial charge in [-0.15, -0.1) is 0 Å². The van der Waals surface area contributed by atoms with Gasteiger partial charge >= 0.3 is 41.8 Å². The van der Waals surface area contributed by atoms with Crippen LogP contribution in [0.3, 0.4) is 0 Å². The number of carboxylic acids is 7. The Hall–Kier alpha value is -5.39. The van der Waals surface area contributed by atoms with Gasteiger partial charge in [0, 0.05) is 29.3 Å². The number of nitrogens with two attached hydrogens (primary N) is 6. The molecular weight excluding hydrogens is 913 g/mol. The van der Waals surface area contributed by atoms with E-state index in [-0.39, 0.29) is 11.8 Å². The first-order chi connectivity index (χ1) is 30.8. The third kappa shape index (κ3) is 32.3. The average molecular weight is 979 g/mol. The van der Waals surface area contributed by atoms with Crippen molar-refractivity contribution in [3.63, 3.8) is 0 Å². The van der Waals surface area contributed by atoms with Gasteiger partial charge in [0.25, 0.3) is 0 Å². The van der Waals surface area contributed by atoms with E-state index in [1.807, 2.05) is 67.0 Å². The van der Waals surface area contributed by atoms with Crippen molar-refractivity contribution < 1.29 is 79.5 Å². The number of thiol groups is 1. The number of H-pyrrole nitrogens is 1. The Morgan fingerprint density at radius 2 is 1.18 bits per heavy atom. The predicted octanol–water partition coefficient (Wildman–Crippen LogP) is -1.76. The summed E-state index contributed by atoms with van der Waals surface area (Å²) in [7, 11) is 0. The summed E-state index contributed by atoms with van der Waals surface area (Å²) in [5, 5.41) is 78.2. The zero-order valence-corrected chi connectivity index (χ0v) is 38.2. The number of hydrogen-bond donors (Lipinski definition) is 18. The van der Waals surface area contributed by atoms with Gasteiger partial charge in [-0.2, -0.15) is 24.4 Å². The number of benzene rings is 2. The van der Waals surface area contributed by atoms with Crippen LogP contribution in [0.25, 0.3) is 10.9 Å². The fourth-order valence-electron chi connectivity index (χ4n) is 4.21. The van der Waals surface area contributed by atoms with Crippen LogP contribution in [0, 0.1) is 0 Å². The molecule has 0 amide bonds. The third-order valence-electron chi connectivity index (χ3n) is 8.19. The smallest absolute Gasteiger partial charge is 0.323 e. The number of aromatic nitrogens is 1. The van der Waals surface area contributed by atoms with Crippen LogP contribution >= 0.6 is 24.4 Å². The van der Waals surface area contributed by atoms with Crippen LogP contribution in [0.2, 0.25) is 0 Å². The molecule has 2 heterocycles. The molecule has 0 saturated carbocycles. The molecule has 374 valence electrons. The number of thioether (sulfide) groups is 1. The number of rotatable bonds is 17. The van der Waals surface area contributed by atoms with E-state index in [2.05, 4.69) is 22.9 Å². The van der Waals surface area contributed by atoms with Crippen molar-refractivity contribution in [1.82, 2.24) is 10.3 Å². The number of para-hydroxylation sites is 1. The van der Waals surface area contributed by atoms with Crippen molar-refractivity contribution in [2.24, 2.45) is 34.4 Å². The summed E-state index contributed by atoms with van der Waals surface area (Å²) < 4.78 is 0. The molecule has 1 fully saturated rings. The molecule has 23 N–H and O–H groups in total. The van der Waals surface area contributed by atoms with Crippen molar-refractivity contribution in [2.75, 3.05) is 30.9 Å². The fraction of sp³-hybridized carbons (Fsp3) is 0.475. The Bertz CT molecular complexity index is 1820. The van der Waals surface area contributed by atoms with Crippen LogP contribution in [0.15, 0.2) is 60.8 Å². The molecule has 3 aromatic rings. The fourth-order valence-corrected chi connectivity index (χ4v) is 4.85. The van der Waals surface area contributed by atoms with Gasteiger partial charge in [-0.1, -0.05) is 48.5 Å². The number of hydrogen-bond acceptors (Lipinski definition) is 18. The van der Waals surface area contributed by atoms with Crippen molar-refractivity contribution in [2.45, 2.75) is 87.4 Å². The Kier molecular flexibility index (Phi) is 37.2. The second-order valence-electron chi connectivity index (χ2n) is 13.7. The maximum Gasteiger partial charge on any atom is 0.323 e. The van der Waals surface area contributed by atoms with Crippen molar-refractivity contribution >= 4 is 77.1 Å². The summed E-state index contributed by atoms with van der Waals surface area (Å²) >= 11 is 5.25. The highest BCUT2D eigenvalue weighted by molar-refractivity contribution is 7.98. The summed E-state index contributed by atoms with van der Waals surface area (Å²) in [5.41, 5.74) is 33.5. The normalized spacial score (nSPS) is 15.3. The van der Waals surface area contributed by atoms with Gasteiger partial charge in [-0.05, 0) is 68.4 Å². The third-order valence-corrected chi connectivity index (χ3v) is 9.23. The lowest BCUT2D eigenvalue weighted by Crippen LogP contribution is -2.39. The van der Waals surface area contributed by atoms with Gasteiger partial charge in [0.05, 0.1) is 12.7 Å². The van der Waals surface area contributed by atoms with E-state index in [9.17, 15) is 33.6 Å². The number of carboxylic acid groups (broad SMARTS) is 7. The van der Waals surface area contributed by atoms with Crippen LogP contribution in [0.5, 0.6) is 0 Å². The highest BCUT2D eigenvalue weighted by atomic mass is 32.2. The number of nitrogens with one attached hydrogen (secondary N) is 2. The predicted molar refractivity (Wildman–Crippen MR) is 250 cm³/mol. The number of carbonyl (C=O) groups is 7. The maximum absolute atomic E-state index is 10.6. The molecule has 26 heteroatoms. The summed E-state index contributed by atoms with van der Waals surface area (Å²) in [6.07, 6.45) is 5.83. The molecule has 0 aliphatic carbocycles. The van der Waals surface area contributed by atoms with Crippen molar-refractivity contribution in [3.05, 3.63) is 71.9 Å². The zero-order valence-electron chi connectivity index (χ0n) is 36.5. The first kappa shape index (κ1) is 64.9. The average Bonchev–Trinajstić information content (AvgIpc) is 3.97. The van der Waals surface area contributed by atoms with Crippen molar-refractivity contribution in [3.8, 4) is 0 Å². The number of fused-ring (bicyclic) bond motifs is 1. The quantitative estimate of drug-likeness (QED) is 0.0666. The van der Waals surface area contributed by atoms with E-state index < -0.39 is 90.7 Å². The van der Waals surface area contributed by atoms with E-state index in [1.54, 1.807) is 11.8 Å². The van der Waals surface area contributed by atoms with Crippen molar-refractivity contribution in [1.29, 1.82) is 0 Å².